The topological polar surface area (TPSA) is 56.8 Å². The molecule has 0 aromatic carbocycles. The van der Waals surface area contributed by atoms with E-state index < -0.39 is 0 Å². The molecule has 6 heteroatoms. The Bertz CT molecular complexity index is 436. The van der Waals surface area contributed by atoms with E-state index in [1.807, 2.05) is 0 Å². The number of H-pyrrole nitrogens is 2. The number of piperidine rings is 1. The molecule has 1 aliphatic rings. The number of rotatable bonds is 2. The minimum atomic E-state index is -0.134. The summed E-state index contributed by atoms with van der Waals surface area (Å²) in [4.78, 5) is 13.8. The largest absolute Gasteiger partial charge is 0.342 e. The maximum Gasteiger partial charge on any atom is 0.342 e. The molecule has 0 atom stereocenters. The first-order chi connectivity index (χ1) is 7.50. The highest BCUT2D eigenvalue weighted by molar-refractivity contribution is 7.71. The van der Waals surface area contributed by atoms with Crippen molar-refractivity contribution in [1.29, 1.82) is 0 Å². The van der Waals surface area contributed by atoms with Gasteiger partial charge in [0.25, 0.3) is 0 Å². The van der Waals surface area contributed by atoms with Crippen LogP contribution in [-0.2, 0) is 6.54 Å². The van der Waals surface area contributed by atoms with Crippen molar-refractivity contribution in [3.05, 3.63) is 15.3 Å². The van der Waals surface area contributed by atoms with Crippen molar-refractivity contribution in [3.63, 3.8) is 0 Å². The van der Waals surface area contributed by atoms with Gasteiger partial charge in [0.15, 0.2) is 4.77 Å². The van der Waals surface area contributed by atoms with Gasteiger partial charge in [-0.1, -0.05) is 6.92 Å². The number of aromatic nitrogens is 3. The van der Waals surface area contributed by atoms with Crippen LogP contribution < -0.4 is 5.69 Å². The van der Waals surface area contributed by atoms with Gasteiger partial charge in [-0.25, -0.2) is 9.89 Å². The molecule has 1 fully saturated rings. The Kier molecular flexibility index (Phi) is 3.03. The van der Waals surface area contributed by atoms with Crippen LogP contribution in [0.25, 0.3) is 0 Å². The van der Waals surface area contributed by atoms with Gasteiger partial charge in [0, 0.05) is 6.54 Å². The number of nitrogens with zero attached hydrogens (tertiary/aromatic N) is 2. The van der Waals surface area contributed by atoms with Crippen molar-refractivity contribution >= 4 is 12.2 Å². The second-order valence-corrected chi connectivity index (χ2v) is 5.45. The minimum Gasteiger partial charge on any atom is -0.306 e. The third kappa shape index (κ3) is 2.27. The molecule has 0 saturated carbocycles. The Labute approximate surface area is 99.5 Å². The van der Waals surface area contributed by atoms with Crippen molar-refractivity contribution in [2.75, 3.05) is 20.1 Å². The molecule has 0 amide bonds. The highest BCUT2D eigenvalue weighted by Crippen LogP contribution is 2.31. The third-order valence-electron chi connectivity index (χ3n) is 3.50. The van der Waals surface area contributed by atoms with Gasteiger partial charge in [-0.2, -0.15) is 0 Å². The predicted molar refractivity (Wildman–Crippen MR) is 65.1 cm³/mol. The van der Waals surface area contributed by atoms with Crippen molar-refractivity contribution in [3.8, 4) is 0 Å². The highest BCUT2D eigenvalue weighted by Gasteiger charge is 2.29. The van der Waals surface area contributed by atoms with Crippen LogP contribution in [0.3, 0.4) is 0 Å². The van der Waals surface area contributed by atoms with E-state index in [0.717, 1.165) is 25.9 Å². The summed E-state index contributed by atoms with van der Waals surface area (Å²) in [5.41, 5.74) is 0.0464. The van der Waals surface area contributed by atoms with Crippen molar-refractivity contribution < 1.29 is 0 Å². The van der Waals surface area contributed by atoms with Gasteiger partial charge in [0.05, 0.1) is 0 Å². The quantitative estimate of drug-likeness (QED) is 0.760. The van der Waals surface area contributed by atoms with Crippen LogP contribution in [0.15, 0.2) is 4.79 Å². The fourth-order valence-corrected chi connectivity index (χ4v) is 2.37. The van der Waals surface area contributed by atoms with Crippen molar-refractivity contribution in [1.82, 2.24) is 19.7 Å². The van der Waals surface area contributed by atoms with E-state index in [0.29, 0.717) is 11.3 Å². The summed E-state index contributed by atoms with van der Waals surface area (Å²) >= 11 is 5.08. The summed E-state index contributed by atoms with van der Waals surface area (Å²) < 4.78 is 2.12. The maximum atomic E-state index is 11.5. The van der Waals surface area contributed by atoms with Gasteiger partial charge in [0.1, 0.15) is 0 Å². The Morgan fingerprint density at radius 3 is 2.50 bits per heavy atom. The van der Waals surface area contributed by atoms with Crippen LogP contribution in [-0.4, -0.2) is 39.8 Å². The lowest BCUT2D eigenvalue weighted by atomic mass is 9.80. The second-order valence-electron chi connectivity index (χ2n) is 5.06. The van der Waals surface area contributed by atoms with E-state index in [-0.39, 0.29) is 11.1 Å². The lowest BCUT2D eigenvalue weighted by Crippen LogP contribution is -2.40. The lowest BCUT2D eigenvalue weighted by Gasteiger charge is -2.37. The zero-order valence-electron chi connectivity index (χ0n) is 9.75. The standard InChI is InChI=1S/C10H18N4OS/c1-10(3-5-13(2)6-4-10)7-14-8(15)11-12-9(14)16/h3-7H2,1-2H3,(H,11,15)(H,12,16). The Balaban J connectivity index is 2.15. The minimum absolute atomic E-state index is 0.134. The highest BCUT2D eigenvalue weighted by atomic mass is 32.1. The zero-order chi connectivity index (χ0) is 11.8. The first-order valence-electron chi connectivity index (χ1n) is 5.56. The van der Waals surface area contributed by atoms with Crippen LogP contribution in [0.1, 0.15) is 19.8 Å². The normalized spacial score (nSPS) is 21.1. The monoisotopic (exact) mass is 242 g/mol. The molecule has 0 bridgehead atoms. The number of nitrogens with one attached hydrogen (secondary N) is 2. The summed E-state index contributed by atoms with van der Waals surface area (Å²) in [5.74, 6) is 0. The molecule has 2 N–H and O–H groups in total. The fraction of sp³-hybridized carbons (Fsp3) is 0.800. The molecule has 2 rings (SSSR count). The van der Waals surface area contributed by atoms with Gasteiger partial charge in [0.2, 0.25) is 0 Å². The fourth-order valence-electron chi connectivity index (χ4n) is 2.18. The Hall–Kier alpha value is -0.880. The molecule has 0 radical (unpaired) electrons. The van der Waals surface area contributed by atoms with E-state index in [1.54, 1.807) is 4.57 Å². The van der Waals surface area contributed by atoms with Crippen LogP contribution in [0.4, 0.5) is 0 Å². The summed E-state index contributed by atoms with van der Waals surface area (Å²) in [6, 6.07) is 0. The van der Waals surface area contributed by atoms with E-state index in [2.05, 4.69) is 29.1 Å². The molecule has 1 saturated heterocycles. The number of likely N-dealkylation sites (tertiary alicyclic amines) is 1. The molecule has 5 nitrogen and oxygen atoms in total. The van der Waals surface area contributed by atoms with E-state index in [4.69, 9.17) is 12.2 Å². The second kappa shape index (κ2) is 4.18. The smallest absolute Gasteiger partial charge is 0.306 e. The van der Waals surface area contributed by atoms with Crippen LogP contribution in [0, 0.1) is 10.2 Å². The summed E-state index contributed by atoms with van der Waals surface area (Å²) in [5, 5.41) is 5.20. The van der Waals surface area contributed by atoms with Gasteiger partial charge < -0.3 is 4.90 Å². The van der Waals surface area contributed by atoms with E-state index in [1.165, 1.54) is 0 Å². The number of aromatic amines is 2. The molecule has 16 heavy (non-hydrogen) atoms. The van der Waals surface area contributed by atoms with Gasteiger partial charge in [-0.05, 0) is 50.6 Å². The molecule has 90 valence electrons. The Morgan fingerprint density at radius 2 is 2.00 bits per heavy atom. The summed E-state index contributed by atoms with van der Waals surface area (Å²) in [6.07, 6.45) is 2.21. The molecule has 2 heterocycles. The molecular weight excluding hydrogens is 224 g/mol. The van der Waals surface area contributed by atoms with Gasteiger partial charge in [-0.3, -0.25) is 9.67 Å². The number of hydrogen-bond acceptors (Lipinski definition) is 3. The average molecular weight is 242 g/mol. The summed E-state index contributed by atoms with van der Waals surface area (Å²) in [6.45, 7) is 5.12. The third-order valence-corrected chi connectivity index (χ3v) is 3.82. The van der Waals surface area contributed by atoms with Gasteiger partial charge >= 0.3 is 5.69 Å². The first-order valence-corrected chi connectivity index (χ1v) is 5.97. The molecule has 1 aromatic heterocycles. The Morgan fingerprint density at radius 1 is 1.38 bits per heavy atom. The maximum absolute atomic E-state index is 11.5. The molecule has 0 aliphatic carbocycles. The first kappa shape index (κ1) is 11.6. The summed E-state index contributed by atoms with van der Waals surface area (Å²) in [7, 11) is 2.13. The molecule has 1 aromatic rings. The lowest BCUT2D eigenvalue weighted by molar-refractivity contribution is 0.119. The molecule has 1 aliphatic heterocycles. The van der Waals surface area contributed by atoms with Crippen molar-refractivity contribution in [2.24, 2.45) is 5.41 Å². The number of hydrogen-bond donors (Lipinski definition) is 2. The van der Waals surface area contributed by atoms with Crippen LogP contribution in [0.2, 0.25) is 0 Å². The average Bonchev–Trinajstić information content (AvgIpc) is 2.55. The van der Waals surface area contributed by atoms with Crippen molar-refractivity contribution in [2.45, 2.75) is 26.3 Å². The molecular formula is C10H18N4OS. The molecule has 0 unspecified atom stereocenters. The van der Waals surface area contributed by atoms with Gasteiger partial charge in [-0.15, -0.1) is 0 Å². The predicted octanol–water partition coefficient (Wildman–Crippen LogP) is 0.966. The SMILES string of the molecule is CN1CCC(C)(Cn2c(=O)[nH][nH]c2=S)CC1. The van der Waals surface area contributed by atoms with Crippen LogP contribution in [0.5, 0.6) is 0 Å². The van der Waals surface area contributed by atoms with E-state index >= 15 is 0 Å². The zero-order valence-corrected chi connectivity index (χ0v) is 10.6. The van der Waals surface area contributed by atoms with Crippen LogP contribution >= 0.6 is 12.2 Å². The molecule has 0 spiro atoms. The van der Waals surface area contributed by atoms with E-state index in [9.17, 15) is 4.79 Å².